The Morgan fingerprint density at radius 3 is 2.50 bits per heavy atom. The first-order chi connectivity index (χ1) is 7.63. The van der Waals surface area contributed by atoms with Crippen molar-refractivity contribution in [3.8, 4) is 11.5 Å². The summed E-state index contributed by atoms with van der Waals surface area (Å²) in [6, 6.07) is 6.15. The van der Waals surface area contributed by atoms with Crippen LogP contribution >= 0.6 is 0 Å². The van der Waals surface area contributed by atoms with E-state index in [4.69, 9.17) is 9.47 Å². The fourth-order valence-electron chi connectivity index (χ4n) is 1.70. The van der Waals surface area contributed by atoms with Crippen molar-refractivity contribution >= 4 is 0 Å². The first-order valence-electron chi connectivity index (χ1n) is 5.72. The number of hydrogen-bond acceptors (Lipinski definition) is 3. The van der Waals surface area contributed by atoms with Gasteiger partial charge in [-0.2, -0.15) is 0 Å². The van der Waals surface area contributed by atoms with Crippen LogP contribution in [0.1, 0.15) is 25.8 Å². The van der Waals surface area contributed by atoms with Crippen LogP contribution in [0.15, 0.2) is 18.2 Å². The molecule has 0 unspecified atom stereocenters. The maximum atomic E-state index is 5.68. The van der Waals surface area contributed by atoms with Gasteiger partial charge in [-0.25, -0.2) is 0 Å². The Labute approximate surface area is 96.8 Å². The average molecular weight is 221 g/mol. The number of fused-ring (bicyclic) bond motifs is 1. The molecule has 1 aromatic rings. The van der Waals surface area contributed by atoms with E-state index in [9.17, 15) is 0 Å². The number of hydrogen-bond donors (Lipinski definition) is 1. The Morgan fingerprint density at radius 1 is 1.12 bits per heavy atom. The summed E-state index contributed by atoms with van der Waals surface area (Å²) in [7, 11) is 1.96. The molecule has 0 aliphatic carbocycles. The largest absolute Gasteiger partial charge is 0.490 e. The zero-order chi connectivity index (χ0) is 11.6. The standard InChI is InChI=1S/C13H19NO2/c1-13(2,14-3)10-5-6-11-12(9-10)16-8-4-7-15-11/h5-6,9,14H,4,7-8H2,1-3H3. The minimum atomic E-state index is -0.0509. The molecule has 0 amide bonds. The van der Waals surface area contributed by atoms with Crippen molar-refractivity contribution in [1.82, 2.24) is 5.32 Å². The molecule has 1 heterocycles. The molecule has 16 heavy (non-hydrogen) atoms. The summed E-state index contributed by atoms with van der Waals surface area (Å²) in [6.07, 6.45) is 0.944. The maximum absolute atomic E-state index is 5.68. The molecule has 1 N–H and O–H groups in total. The van der Waals surface area contributed by atoms with Crippen LogP contribution in [0.25, 0.3) is 0 Å². The van der Waals surface area contributed by atoms with Gasteiger partial charge in [-0.3, -0.25) is 0 Å². The lowest BCUT2D eigenvalue weighted by Gasteiger charge is -2.25. The molecule has 1 aliphatic rings. The molecule has 0 saturated heterocycles. The predicted octanol–water partition coefficient (Wildman–Crippen LogP) is 2.30. The highest BCUT2D eigenvalue weighted by atomic mass is 16.5. The van der Waals surface area contributed by atoms with Crippen molar-refractivity contribution in [3.63, 3.8) is 0 Å². The molecule has 0 radical (unpaired) electrons. The van der Waals surface area contributed by atoms with Crippen LogP contribution in [0, 0.1) is 0 Å². The topological polar surface area (TPSA) is 30.5 Å². The fraction of sp³-hybridized carbons (Fsp3) is 0.538. The molecular weight excluding hydrogens is 202 g/mol. The average Bonchev–Trinajstić information content (AvgIpc) is 2.53. The Bertz CT molecular complexity index is 374. The van der Waals surface area contributed by atoms with Gasteiger partial charge in [0.25, 0.3) is 0 Å². The van der Waals surface area contributed by atoms with Crippen molar-refractivity contribution in [2.45, 2.75) is 25.8 Å². The van der Waals surface area contributed by atoms with E-state index in [1.54, 1.807) is 0 Å². The third-order valence-corrected chi connectivity index (χ3v) is 3.09. The van der Waals surface area contributed by atoms with Crippen LogP contribution in [-0.2, 0) is 5.54 Å². The first-order valence-corrected chi connectivity index (χ1v) is 5.72. The molecule has 0 spiro atoms. The Balaban J connectivity index is 2.34. The summed E-state index contributed by atoms with van der Waals surface area (Å²) < 4.78 is 11.3. The molecule has 0 bridgehead atoms. The lowest BCUT2D eigenvalue weighted by molar-refractivity contribution is 0.296. The van der Waals surface area contributed by atoms with Gasteiger partial charge >= 0.3 is 0 Å². The zero-order valence-corrected chi connectivity index (χ0v) is 10.2. The van der Waals surface area contributed by atoms with Crippen LogP contribution in [0.3, 0.4) is 0 Å². The van der Waals surface area contributed by atoms with Crippen LogP contribution in [-0.4, -0.2) is 20.3 Å². The number of nitrogens with one attached hydrogen (secondary N) is 1. The Kier molecular flexibility index (Phi) is 3.06. The Hall–Kier alpha value is -1.22. The van der Waals surface area contributed by atoms with E-state index in [0.717, 1.165) is 31.1 Å². The van der Waals surface area contributed by atoms with E-state index in [1.165, 1.54) is 5.56 Å². The quantitative estimate of drug-likeness (QED) is 0.831. The van der Waals surface area contributed by atoms with Gasteiger partial charge in [0.2, 0.25) is 0 Å². The Morgan fingerprint density at radius 2 is 1.81 bits per heavy atom. The van der Waals surface area contributed by atoms with Gasteiger partial charge in [0, 0.05) is 12.0 Å². The summed E-state index contributed by atoms with van der Waals surface area (Å²) in [5.41, 5.74) is 1.16. The number of rotatable bonds is 2. The van der Waals surface area contributed by atoms with Crippen LogP contribution in [0.5, 0.6) is 11.5 Å². The van der Waals surface area contributed by atoms with E-state index in [1.807, 2.05) is 13.1 Å². The molecule has 0 fully saturated rings. The molecule has 3 heteroatoms. The van der Waals surface area contributed by atoms with Crippen LogP contribution in [0.2, 0.25) is 0 Å². The van der Waals surface area contributed by atoms with Crippen molar-refractivity contribution in [1.29, 1.82) is 0 Å². The minimum Gasteiger partial charge on any atom is -0.490 e. The second-order valence-corrected chi connectivity index (χ2v) is 4.59. The third-order valence-electron chi connectivity index (χ3n) is 3.09. The van der Waals surface area contributed by atoms with E-state index in [0.29, 0.717) is 0 Å². The van der Waals surface area contributed by atoms with Crippen molar-refractivity contribution in [2.75, 3.05) is 20.3 Å². The smallest absolute Gasteiger partial charge is 0.161 e. The van der Waals surface area contributed by atoms with E-state index in [-0.39, 0.29) is 5.54 Å². The minimum absolute atomic E-state index is 0.0509. The highest BCUT2D eigenvalue weighted by Gasteiger charge is 2.20. The van der Waals surface area contributed by atoms with Gasteiger partial charge in [-0.1, -0.05) is 6.07 Å². The molecule has 0 atom stereocenters. The summed E-state index contributed by atoms with van der Waals surface area (Å²) in [5.74, 6) is 1.71. The molecular formula is C13H19NO2. The normalized spacial score (nSPS) is 15.7. The lowest BCUT2D eigenvalue weighted by Crippen LogP contribution is -2.33. The summed E-state index contributed by atoms with van der Waals surface area (Å²) in [5, 5.41) is 3.28. The monoisotopic (exact) mass is 221 g/mol. The number of benzene rings is 1. The van der Waals surface area contributed by atoms with Gasteiger partial charge in [-0.15, -0.1) is 0 Å². The SMILES string of the molecule is CNC(C)(C)c1ccc2c(c1)OCCCO2. The van der Waals surface area contributed by atoms with Crippen molar-refractivity contribution in [2.24, 2.45) is 0 Å². The first kappa shape index (κ1) is 11.3. The highest BCUT2D eigenvalue weighted by Crippen LogP contribution is 2.33. The van der Waals surface area contributed by atoms with Gasteiger partial charge in [-0.05, 0) is 38.6 Å². The van der Waals surface area contributed by atoms with Gasteiger partial charge in [0.1, 0.15) is 0 Å². The zero-order valence-electron chi connectivity index (χ0n) is 10.2. The molecule has 0 aromatic heterocycles. The predicted molar refractivity (Wildman–Crippen MR) is 64.1 cm³/mol. The van der Waals surface area contributed by atoms with Crippen molar-refractivity contribution < 1.29 is 9.47 Å². The number of ether oxygens (including phenoxy) is 2. The van der Waals surface area contributed by atoms with Gasteiger partial charge < -0.3 is 14.8 Å². The summed E-state index contributed by atoms with van der Waals surface area (Å²) in [6.45, 7) is 5.76. The summed E-state index contributed by atoms with van der Waals surface area (Å²) in [4.78, 5) is 0. The highest BCUT2D eigenvalue weighted by molar-refractivity contribution is 5.45. The molecule has 1 aromatic carbocycles. The van der Waals surface area contributed by atoms with Gasteiger partial charge in [0.05, 0.1) is 13.2 Å². The third kappa shape index (κ3) is 2.14. The maximum Gasteiger partial charge on any atom is 0.161 e. The second kappa shape index (κ2) is 4.34. The second-order valence-electron chi connectivity index (χ2n) is 4.59. The van der Waals surface area contributed by atoms with E-state index >= 15 is 0 Å². The van der Waals surface area contributed by atoms with Crippen molar-refractivity contribution in [3.05, 3.63) is 23.8 Å². The van der Waals surface area contributed by atoms with Crippen LogP contribution in [0.4, 0.5) is 0 Å². The van der Waals surface area contributed by atoms with Gasteiger partial charge in [0.15, 0.2) is 11.5 Å². The lowest BCUT2D eigenvalue weighted by atomic mass is 9.94. The molecule has 0 saturated carbocycles. The molecule has 2 rings (SSSR count). The van der Waals surface area contributed by atoms with Crippen LogP contribution < -0.4 is 14.8 Å². The molecule has 1 aliphatic heterocycles. The summed E-state index contributed by atoms with van der Waals surface area (Å²) >= 11 is 0. The van der Waals surface area contributed by atoms with E-state index < -0.39 is 0 Å². The molecule has 3 nitrogen and oxygen atoms in total. The van der Waals surface area contributed by atoms with E-state index in [2.05, 4.69) is 31.3 Å². The fourth-order valence-corrected chi connectivity index (χ4v) is 1.70. The molecule has 88 valence electrons.